The molecule has 0 aromatic rings. The zero-order valence-corrected chi connectivity index (χ0v) is 7.87. The van der Waals surface area contributed by atoms with Crippen LogP contribution in [0.1, 0.15) is 12.8 Å². The Hall–Kier alpha value is -0.160. The summed E-state index contributed by atoms with van der Waals surface area (Å²) in [5.41, 5.74) is 11.1. The fourth-order valence-corrected chi connectivity index (χ4v) is 1.69. The lowest BCUT2D eigenvalue weighted by Crippen LogP contribution is -2.46. The first-order chi connectivity index (χ1) is 5.77. The Kier molecular flexibility index (Phi) is 3.94. The third-order valence-corrected chi connectivity index (χ3v) is 2.73. The molecule has 4 nitrogen and oxygen atoms in total. The van der Waals surface area contributed by atoms with Gasteiger partial charge in [-0.3, -0.25) is 9.80 Å². The summed E-state index contributed by atoms with van der Waals surface area (Å²) in [6, 6.07) is 0.665. The minimum absolute atomic E-state index is 0.660. The van der Waals surface area contributed by atoms with Crippen LogP contribution in [0.25, 0.3) is 0 Å². The first kappa shape index (κ1) is 9.92. The minimum atomic E-state index is 0.660. The molecule has 4 heteroatoms. The van der Waals surface area contributed by atoms with Gasteiger partial charge in [-0.05, 0) is 19.9 Å². The molecule has 4 N–H and O–H groups in total. The average Bonchev–Trinajstić information content (AvgIpc) is 2.17. The Morgan fingerprint density at radius 3 is 2.33 bits per heavy atom. The van der Waals surface area contributed by atoms with Crippen LogP contribution in [0.2, 0.25) is 0 Å². The summed E-state index contributed by atoms with van der Waals surface area (Å²) < 4.78 is 0. The molecule has 0 radical (unpaired) electrons. The van der Waals surface area contributed by atoms with Crippen LogP contribution in [0.4, 0.5) is 0 Å². The fraction of sp³-hybridized carbons (Fsp3) is 1.00. The second-order valence-electron chi connectivity index (χ2n) is 3.47. The largest absolute Gasteiger partial charge is 0.318 e. The van der Waals surface area contributed by atoms with Gasteiger partial charge in [-0.1, -0.05) is 0 Å². The lowest BCUT2D eigenvalue weighted by atomic mass is 10.0. The van der Waals surface area contributed by atoms with E-state index in [4.69, 9.17) is 11.5 Å². The molecule has 1 saturated heterocycles. The maximum atomic E-state index is 5.56. The van der Waals surface area contributed by atoms with E-state index >= 15 is 0 Å². The molecular weight excluding hydrogens is 152 g/mol. The first-order valence-electron chi connectivity index (χ1n) is 4.60. The van der Waals surface area contributed by atoms with Gasteiger partial charge in [0, 0.05) is 32.5 Å². The highest BCUT2D eigenvalue weighted by molar-refractivity contribution is 4.76. The Morgan fingerprint density at radius 1 is 1.33 bits per heavy atom. The Balaban J connectivity index is 2.25. The molecule has 0 unspecified atom stereocenters. The summed E-state index contributed by atoms with van der Waals surface area (Å²) in [4.78, 5) is 4.49. The van der Waals surface area contributed by atoms with Gasteiger partial charge in [0.1, 0.15) is 0 Å². The van der Waals surface area contributed by atoms with Gasteiger partial charge in [-0.15, -0.1) is 0 Å². The number of nitrogens with zero attached hydrogens (tertiary/aromatic N) is 2. The molecule has 0 aromatic heterocycles. The van der Waals surface area contributed by atoms with Crippen molar-refractivity contribution in [1.29, 1.82) is 0 Å². The predicted octanol–water partition coefficient (Wildman–Crippen LogP) is -0.785. The lowest BCUT2D eigenvalue weighted by Gasteiger charge is -2.35. The molecule has 0 aromatic carbocycles. The van der Waals surface area contributed by atoms with E-state index in [1.54, 1.807) is 0 Å². The molecule has 1 fully saturated rings. The SMILES string of the molecule is CN(CN)C1CCN(CN)CC1. The van der Waals surface area contributed by atoms with Crippen LogP contribution >= 0.6 is 0 Å². The number of hydrogen-bond acceptors (Lipinski definition) is 4. The van der Waals surface area contributed by atoms with Crippen LogP contribution < -0.4 is 11.5 Å². The maximum absolute atomic E-state index is 5.56. The van der Waals surface area contributed by atoms with Crippen LogP contribution in [0.5, 0.6) is 0 Å². The molecule has 0 saturated carbocycles. The monoisotopic (exact) mass is 172 g/mol. The quantitative estimate of drug-likeness (QED) is 0.548. The van der Waals surface area contributed by atoms with E-state index in [1.165, 1.54) is 12.8 Å². The van der Waals surface area contributed by atoms with Crippen molar-refractivity contribution < 1.29 is 0 Å². The molecular formula is C8H20N4. The molecule has 1 aliphatic heterocycles. The van der Waals surface area contributed by atoms with Gasteiger partial charge in [-0.25, -0.2) is 0 Å². The van der Waals surface area contributed by atoms with Crippen molar-refractivity contribution in [1.82, 2.24) is 9.80 Å². The Morgan fingerprint density at radius 2 is 1.92 bits per heavy atom. The molecule has 72 valence electrons. The van der Waals surface area contributed by atoms with E-state index in [0.717, 1.165) is 13.1 Å². The zero-order chi connectivity index (χ0) is 8.97. The molecule has 1 aliphatic rings. The third-order valence-electron chi connectivity index (χ3n) is 2.73. The summed E-state index contributed by atoms with van der Waals surface area (Å²) in [5.74, 6) is 0. The molecule has 0 atom stereocenters. The van der Waals surface area contributed by atoms with Gasteiger partial charge in [0.15, 0.2) is 0 Å². The highest BCUT2D eigenvalue weighted by atomic mass is 15.2. The van der Waals surface area contributed by atoms with Gasteiger partial charge in [0.05, 0.1) is 0 Å². The van der Waals surface area contributed by atoms with Crippen LogP contribution in [0, 0.1) is 0 Å². The van der Waals surface area contributed by atoms with Crippen molar-refractivity contribution in [3.63, 3.8) is 0 Å². The maximum Gasteiger partial charge on any atom is 0.0455 e. The fourth-order valence-electron chi connectivity index (χ4n) is 1.69. The topological polar surface area (TPSA) is 58.5 Å². The lowest BCUT2D eigenvalue weighted by molar-refractivity contribution is 0.132. The van der Waals surface area contributed by atoms with Crippen LogP contribution in [0.15, 0.2) is 0 Å². The van der Waals surface area contributed by atoms with E-state index in [0.29, 0.717) is 19.4 Å². The third kappa shape index (κ3) is 2.42. The normalized spacial score (nSPS) is 22.0. The van der Waals surface area contributed by atoms with Gasteiger partial charge in [0.2, 0.25) is 0 Å². The standard InChI is InChI=1S/C8H20N4/c1-11(6-9)8-2-4-12(7-10)5-3-8/h8H,2-7,9-10H2,1H3. The Labute approximate surface area is 74.5 Å². The van der Waals surface area contributed by atoms with E-state index in [2.05, 4.69) is 16.8 Å². The second-order valence-corrected chi connectivity index (χ2v) is 3.47. The van der Waals surface area contributed by atoms with E-state index in [-0.39, 0.29) is 0 Å². The predicted molar refractivity (Wildman–Crippen MR) is 50.5 cm³/mol. The molecule has 0 aliphatic carbocycles. The van der Waals surface area contributed by atoms with Crippen molar-refractivity contribution in [3.05, 3.63) is 0 Å². The summed E-state index contributed by atoms with van der Waals surface area (Å²) in [5, 5.41) is 0. The molecule has 1 heterocycles. The van der Waals surface area contributed by atoms with E-state index in [9.17, 15) is 0 Å². The van der Waals surface area contributed by atoms with Gasteiger partial charge in [-0.2, -0.15) is 0 Å². The van der Waals surface area contributed by atoms with Crippen molar-refractivity contribution in [2.75, 3.05) is 33.5 Å². The van der Waals surface area contributed by atoms with Crippen LogP contribution in [-0.4, -0.2) is 49.3 Å². The van der Waals surface area contributed by atoms with Crippen LogP contribution in [0.3, 0.4) is 0 Å². The summed E-state index contributed by atoms with van der Waals surface area (Å²) in [7, 11) is 2.09. The van der Waals surface area contributed by atoms with Crippen molar-refractivity contribution in [2.45, 2.75) is 18.9 Å². The van der Waals surface area contributed by atoms with E-state index in [1.807, 2.05) is 0 Å². The second kappa shape index (κ2) is 4.77. The van der Waals surface area contributed by atoms with Crippen LogP contribution in [-0.2, 0) is 0 Å². The number of hydrogen-bond donors (Lipinski definition) is 2. The summed E-state index contributed by atoms with van der Waals surface area (Å²) >= 11 is 0. The summed E-state index contributed by atoms with van der Waals surface area (Å²) in [6.07, 6.45) is 2.40. The number of likely N-dealkylation sites (tertiary alicyclic amines) is 1. The van der Waals surface area contributed by atoms with Crippen molar-refractivity contribution in [2.24, 2.45) is 11.5 Å². The van der Waals surface area contributed by atoms with E-state index < -0.39 is 0 Å². The number of nitrogens with two attached hydrogens (primary N) is 2. The number of piperidine rings is 1. The molecule has 12 heavy (non-hydrogen) atoms. The highest BCUT2D eigenvalue weighted by Gasteiger charge is 2.20. The molecule has 0 amide bonds. The van der Waals surface area contributed by atoms with Crippen molar-refractivity contribution >= 4 is 0 Å². The minimum Gasteiger partial charge on any atom is -0.318 e. The number of rotatable bonds is 3. The Bertz CT molecular complexity index is 120. The molecule has 0 bridgehead atoms. The molecule has 0 spiro atoms. The van der Waals surface area contributed by atoms with Gasteiger partial charge >= 0.3 is 0 Å². The molecule has 1 rings (SSSR count). The highest BCUT2D eigenvalue weighted by Crippen LogP contribution is 2.13. The average molecular weight is 172 g/mol. The summed E-state index contributed by atoms with van der Waals surface area (Å²) in [6.45, 7) is 3.59. The van der Waals surface area contributed by atoms with Gasteiger partial charge in [0.25, 0.3) is 0 Å². The van der Waals surface area contributed by atoms with Gasteiger partial charge < -0.3 is 11.5 Å². The smallest absolute Gasteiger partial charge is 0.0455 e. The first-order valence-corrected chi connectivity index (χ1v) is 4.60. The van der Waals surface area contributed by atoms with Crippen molar-refractivity contribution in [3.8, 4) is 0 Å². The zero-order valence-electron chi connectivity index (χ0n) is 7.87.